The van der Waals surface area contributed by atoms with Crippen molar-refractivity contribution >= 4 is 23.4 Å². The Labute approximate surface area is 143 Å². The van der Waals surface area contributed by atoms with Gasteiger partial charge in [-0.25, -0.2) is 0 Å². The molecule has 23 heavy (non-hydrogen) atoms. The molecule has 0 unspecified atom stereocenters. The van der Waals surface area contributed by atoms with Gasteiger partial charge >= 0.3 is 0 Å². The van der Waals surface area contributed by atoms with Crippen molar-refractivity contribution in [1.82, 2.24) is 4.90 Å². The molecule has 1 aliphatic heterocycles. The molecule has 4 nitrogen and oxygen atoms in total. The van der Waals surface area contributed by atoms with Crippen molar-refractivity contribution in [3.8, 4) is 0 Å². The summed E-state index contributed by atoms with van der Waals surface area (Å²) in [5.74, 6) is 3.02. The summed E-state index contributed by atoms with van der Waals surface area (Å²) in [6, 6.07) is 8.29. The van der Waals surface area contributed by atoms with E-state index in [1.807, 2.05) is 23.9 Å². The number of thioether (sulfide) groups is 1. The van der Waals surface area contributed by atoms with Crippen LogP contribution >= 0.6 is 11.8 Å². The van der Waals surface area contributed by atoms with Crippen LogP contribution in [0.3, 0.4) is 0 Å². The molecule has 0 aromatic heterocycles. The first-order valence-electron chi connectivity index (χ1n) is 8.66. The maximum Gasteiger partial charge on any atom is 0.227 e. The molecular weight excluding hydrogens is 306 g/mol. The second-order valence-corrected chi connectivity index (χ2v) is 7.84. The van der Waals surface area contributed by atoms with Crippen LogP contribution in [0.25, 0.3) is 0 Å². The molecule has 1 amide bonds. The first-order valence-corrected chi connectivity index (χ1v) is 9.81. The third kappa shape index (κ3) is 4.49. The summed E-state index contributed by atoms with van der Waals surface area (Å²) < 4.78 is 0. The zero-order valence-corrected chi connectivity index (χ0v) is 14.5. The summed E-state index contributed by atoms with van der Waals surface area (Å²) in [6.45, 7) is 3.90. The Balaban J connectivity index is 1.59. The Morgan fingerprint density at radius 3 is 2.91 bits per heavy atom. The first kappa shape index (κ1) is 16.8. The van der Waals surface area contributed by atoms with Crippen LogP contribution in [0.15, 0.2) is 24.3 Å². The fourth-order valence-corrected chi connectivity index (χ4v) is 4.64. The quantitative estimate of drug-likeness (QED) is 0.869. The molecule has 1 saturated carbocycles. The van der Waals surface area contributed by atoms with E-state index in [4.69, 9.17) is 5.73 Å². The highest BCUT2D eigenvalue weighted by Gasteiger charge is 2.31. The van der Waals surface area contributed by atoms with Crippen LogP contribution in [-0.4, -0.2) is 41.9 Å². The minimum atomic E-state index is 0.0859. The standard InChI is InChI=1S/C18H27N3OS/c19-12-15-4-2-6-17(15)18(22)20-16-5-1-3-14(11-16)13-21-7-9-23-10-8-21/h1,3,5,11,15,17H,2,4,6-10,12-13,19H2,(H,20,22)/t15-,17-/m1/s1. The summed E-state index contributed by atoms with van der Waals surface area (Å²) in [4.78, 5) is 15.0. The number of anilines is 1. The lowest BCUT2D eigenvalue weighted by atomic mass is 9.95. The van der Waals surface area contributed by atoms with Gasteiger partial charge in [-0.15, -0.1) is 0 Å². The number of carbonyl (C=O) groups excluding carboxylic acids is 1. The average molecular weight is 334 g/mol. The first-order chi connectivity index (χ1) is 11.3. The van der Waals surface area contributed by atoms with Gasteiger partial charge in [-0.1, -0.05) is 18.6 Å². The number of hydrogen-bond donors (Lipinski definition) is 2. The van der Waals surface area contributed by atoms with Gasteiger partial charge in [0.2, 0.25) is 5.91 Å². The van der Waals surface area contributed by atoms with Gasteiger partial charge in [0.25, 0.3) is 0 Å². The number of carbonyl (C=O) groups is 1. The lowest BCUT2D eigenvalue weighted by Gasteiger charge is -2.26. The molecule has 1 aromatic rings. The van der Waals surface area contributed by atoms with E-state index in [9.17, 15) is 4.79 Å². The van der Waals surface area contributed by atoms with E-state index < -0.39 is 0 Å². The van der Waals surface area contributed by atoms with Crippen LogP contribution < -0.4 is 11.1 Å². The molecule has 1 aromatic carbocycles. The maximum atomic E-state index is 12.5. The zero-order chi connectivity index (χ0) is 16.1. The third-order valence-electron chi connectivity index (χ3n) is 5.00. The smallest absolute Gasteiger partial charge is 0.227 e. The second kappa shape index (κ2) is 8.18. The van der Waals surface area contributed by atoms with Crippen LogP contribution in [0, 0.1) is 11.8 Å². The summed E-state index contributed by atoms with van der Waals surface area (Å²) in [7, 11) is 0. The number of benzene rings is 1. The van der Waals surface area contributed by atoms with Gasteiger partial charge in [0.05, 0.1) is 0 Å². The fourth-order valence-electron chi connectivity index (χ4n) is 3.66. The second-order valence-electron chi connectivity index (χ2n) is 6.61. The predicted molar refractivity (Wildman–Crippen MR) is 97.6 cm³/mol. The third-order valence-corrected chi connectivity index (χ3v) is 5.95. The van der Waals surface area contributed by atoms with E-state index in [1.165, 1.54) is 17.1 Å². The molecule has 2 aliphatic rings. The molecule has 3 rings (SSSR count). The minimum absolute atomic E-state index is 0.0859. The molecule has 5 heteroatoms. The van der Waals surface area contributed by atoms with Crippen molar-refractivity contribution in [2.75, 3.05) is 36.5 Å². The zero-order valence-electron chi connectivity index (χ0n) is 13.7. The summed E-state index contributed by atoms with van der Waals surface area (Å²) in [6.07, 6.45) is 3.17. The highest BCUT2D eigenvalue weighted by atomic mass is 32.2. The van der Waals surface area contributed by atoms with Crippen molar-refractivity contribution < 1.29 is 4.79 Å². The average Bonchev–Trinajstić information content (AvgIpc) is 3.05. The van der Waals surface area contributed by atoms with E-state index in [-0.39, 0.29) is 11.8 Å². The maximum absolute atomic E-state index is 12.5. The van der Waals surface area contributed by atoms with E-state index in [0.29, 0.717) is 12.5 Å². The SMILES string of the molecule is NC[C@H]1CCC[C@H]1C(=O)Nc1cccc(CN2CCSCC2)c1. The number of nitrogens with zero attached hydrogens (tertiary/aromatic N) is 1. The Hall–Kier alpha value is -1.04. The van der Waals surface area contributed by atoms with Crippen LogP contribution in [0.1, 0.15) is 24.8 Å². The van der Waals surface area contributed by atoms with Gasteiger partial charge in [0, 0.05) is 42.7 Å². The van der Waals surface area contributed by atoms with Crippen molar-refractivity contribution in [1.29, 1.82) is 0 Å². The van der Waals surface area contributed by atoms with Gasteiger partial charge in [-0.3, -0.25) is 9.69 Å². The van der Waals surface area contributed by atoms with E-state index >= 15 is 0 Å². The Morgan fingerprint density at radius 2 is 2.13 bits per heavy atom. The molecule has 1 saturated heterocycles. The van der Waals surface area contributed by atoms with E-state index in [2.05, 4.69) is 22.3 Å². The Kier molecular flexibility index (Phi) is 5.97. The van der Waals surface area contributed by atoms with Gasteiger partial charge in [0.1, 0.15) is 0 Å². The molecule has 0 bridgehead atoms. The van der Waals surface area contributed by atoms with Gasteiger partial charge in [0.15, 0.2) is 0 Å². The van der Waals surface area contributed by atoms with Gasteiger partial charge in [-0.2, -0.15) is 11.8 Å². The van der Waals surface area contributed by atoms with Gasteiger partial charge in [-0.05, 0) is 43.0 Å². The Morgan fingerprint density at radius 1 is 1.30 bits per heavy atom. The topological polar surface area (TPSA) is 58.4 Å². The Bertz CT molecular complexity index is 531. The summed E-state index contributed by atoms with van der Waals surface area (Å²) >= 11 is 2.03. The molecule has 2 atom stereocenters. The predicted octanol–water partition coefficient (Wildman–Crippen LogP) is 2.55. The highest BCUT2D eigenvalue weighted by molar-refractivity contribution is 7.99. The molecule has 1 aliphatic carbocycles. The monoisotopic (exact) mass is 333 g/mol. The minimum Gasteiger partial charge on any atom is -0.330 e. The molecule has 0 spiro atoms. The van der Waals surface area contributed by atoms with Gasteiger partial charge < -0.3 is 11.1 Å². The van der Waals surface area contributed by atoms with Crippen molar-refractivity contribution in [3.05, 3.63) is 29.8 Å². The molecule has 3 N–H and O–H groups in total. The molecule has 0 radical (unpaired) electrons. The van der Waals surface area contributed by atoms with Crippen molar-refractivity contribution in [2.45, 2.75) is 25.8 Å². The molecule has 2 fully saturated rings. The fraction of sp³-hybridized carbons (Fsp3) is 0.611. The largest absolute Gasteiger partial charge is 0.330 e. The number of hydrogen-bond acceptors (Lipinski definition) is 4. The van der Waals surface area contributed by atoms with E-state index in [1.54, 1.807) is 0 Å². The number of amides is 1. The van der Waals surface area contributed by atoms with Crippen molar-refractivity contribution in [2.24, 2.45) is 17.6 Å². The van der Waals surface area contributed by atoms with Crippen LogP contribution in [-0.2, 0) is 11.3 Å². The molecule has 1 heterocycles. The van der Waals surface area contributed by atoms with Crippen LogP contribution in [0.5, 0.6) is 0 Å². The number of nitrogens with two attached hydrogens (primary N) is 1. The summed E-state index contributed by atoms with van der Waals surface area (Å²) in [5, 5.41) is 3.11. The molecule has 126 valence electrons. The lowest BCUT2D eigenvalue weighted by Crippen LogP contribution is -2.32. The van der Waals surface area contributed by atoms with Crippen LogP contribution in [0.4, 0.5) is 5.69 Å². The number of nitrogens with one attached hydrogen (secondary N) is 1. The van der Waals surface area contributed by atoms with E-state index in [0.717, 1.165) is 44.6 Å². The normalized spacial score (nSPS) is 25.4. The van der Waals surface area contributed by atoms with Crippen molar-refractivity contribution in [3.63, 3.8) is 0 Å². The summed E-state index contributed by atoms with van der Waals surface area (Å²) in [5.41, 5.74) is 7.99. The number of rotatable bonds is 5. The van der Waals surface area contributed by atoms with Crippen LogP contribution in [0.2, 0.25) is 0 Å². The molecular formula is C18H27N3OS. The lowest BCUT2D eigenvalue weighted by molar-refractivity contribution is -0.120. The highest BCUT2D eigenvalue weighted by Crippen LogP contribution is 2.32.